The Kier molecular flexibility index (Phi) is 5.76. The topological polar surface area (TPSA) is 45.2 Å². The van der Waals surface area contributed by atoms with Crippen LogP contribution in [0.4, 0.5) is 11.4 Å². The molecule has 0 aliphatic rings. The van der Waals surface area contributed by atoms with Crippen molar-refractivity contribution in [2.75, 3.05) is 12.4 Å². The van der Waals surface area contributed by atoms with Gasteiger partial charge in [0.05, 0.1) is 28.2 Å². The smallest absolute Gasteiger partial charge is 0.255 e. The van der Waals surface area contributed by atoms with E-state index < -0.39 is 0 Å². The van der Waals surface area contributed by atoms with Crippen molar-refractivity contribution in [2.45, 2.75) is 6.54 Å². The molecule has 0 saturated heterocycles. The summed E-state index contributed by atoms with van der Waals surface area (Å²) in [6.45, 7) is 0.528. The molecule has 3 aromatic rings. The zero-order valence-corrected chi connectivity index (χ0v) is 15.6. The van der Waals surface area contributed by atoms with E-state index in [1.165, 1.54) is 0 Å². The van der Waals surface area contributed by atoms with E-state index in [0.29, 0.717) is 33.5 Å². The number of anilines is 2. The van der Waals surface area contributed by atoms with Crippen LogP contribution < -0.4 is 5.32 Å². The van der Waals surface area contributed by atoms with Crippen molar-refractivity contribution in [3.05, 3.63) is 88.2 Å². The second kappa shape index (κ2) is 8.21. The minimum atomic E-state index is -0.104. The zero-order valence-electron chi connectivity index (χ0n) is 14.1. The number of nitrogens with zero attached hydrogens (tertiary/aromatic N) is 2. The Hall–Kier alpha value is -2.56. The van der Waals surface area contributed by atoms with Gasteiger partial charge >= 0.3 is 0 Å². The molecule has 0 aliphatic heterocycles. The summed E-state index contributed by atoms with van der Waals surface area (Å²) in [4.78, 5) is 18.5. The number of pyridine rings is 1. The van der Waals surface area contributed by atoms with Crippen LogP contribution in [0, 0.1) is 0 Å². The highest BCUT2D eigenvalue weighted by Crippen LogP contribution is 2.28. The standard InChI is InChI=1S/C20H17Cl2N3O/c1-25(13-14-5-3-2-4-6-14)20(26)15-9-17(12-23-11-15)24-19-8-7-16(21)10-18(19)22/h2-12,24H,13H2,1H3. The molecule has 1 aromatic heterocycles. The molecular weight excluding hydrogens is 369 g/mol. The Morgan fingerprint density at radius 1 is 1.08 bits per heavy atom. The van der Waals surface area contributed by atoms with Crippen LogP contribution in [-0.2, 0) is 6.54 Å². The summed E-state index contributed by atoms with van der Waals surface area (Å²) in [5.41, 5.74) is 2.94. The van der Waals surface area contributed by atoms with Crippen molar-refractivity contribution in [1.82, 2.24) is 9.88 Å². The molecule has 26 heavy (non-hydrogen) atoms. The molecule has 0 bridgehead atoms. The van der Waals surface area contributed by atoms with E-state index in [2.05, 4.69) is 10.3 Å². The summed E-state index contributed by atoms with van der Waals surface area (Å²) in [6, 6.07) is 16.8. The van der Waals surface area contributed by atoms with Crippen LogP contribution in [0.2, 0.25) is 10.0 Å². The lowest BCUT2D eigenvalue weighted by Crippen LogP contribution is -2.26. The monoisotopic (exact) mass is 385 g/mol. The number of benzene rings is 2. The van der Waals surface area contributed by atoms with E-state index in [9.17, 15) is 4.79 Å². The van der Waals surface area contributed by atoms with Gasteiger partial charge in [0.25, 0.3) is 5.91 Å². The zero-order chi connectivity index (χ0) is 18.5. The van der Waals surface area contributed by atoms with Gasteiger partial charge in [0, 0.05) is 24.8 Å². The molecule has 4 nitrogen and oxygen atoms in total. The van der Waals surface area contributed by atoms with Crippen LogP contribution in [0.1, 0.15) is 15.9 Å². The van der Waals surface area contributed by atoms with Gasteiger partial charge in [0.15, 0.2) is 0 Å². The first-order chi connectivity index (χ1) is 12.5. The number of hydrogen-bond donors (Lipinski definition) is 1. The van der Waals surface area contributed by atoms with Crippen molar-refractivity contribution >= 4 is 40.5 Å². The van der Waals surface area contributed by atoms with E-state index in [4.69, 9.17) is 23.2 Å². The second-order valence-corrected chi connectivity index (χ2v) is 6.70. The summed E-state index contributed by atoms with van der Waals surface area (Å²) < 4.78 is 0. The number of rotatable bonds is 5. The second-order valence-electron chi connectivity index (χ2n) is 5.86. The number of carbonyl (C=O) groups is 1. The minimum absolute atomic E-state index is 0.104. The molecule has 1 N–H and O–H groups in total. The number of amides is 1. The first-order valence-electron chi connectivity index (χ1n) is 7.99. The third-order valence-corrected chi connectivity index (χ3v) is 4.35. The Labute approximate surface area is 162 Å². The fourth-order valence-electron chi connectivity index (χ4n) is 2.52. The average Bonchev–Trinajstić information content (AvgIpc) is 2.64. The summed E-state index contributed by atoms with van der Waals surface area (Å²) in [6.07, 6.45) is 3.19. The predicted octanol–water partition coefficient (Wildman–Crippen LogP) is 5.40. The molecule has 0 spiro atoms. The Morgan fingerprint density at radius 3 is 2.58 bits per heavy atom. The Morgan fingerprint density at radius 2 is 1.85 bits per heavy atom. The normalized spacial score (nSPS) is 10.4. The number of aromatic nitrogens is 1. The van der Waals surface area contributed by atoms with Gasteiger partial charge in [-0.25, -0.2) is 0 Å². The highest BCUT2D eigenvalue weighted by atomic mass is 35.5. The van der Waals surface area contributed by atoms with Gasteiger partial charge in [-0.1, -0.05) is 53.5 Å². The van der Waals surface area contributed by atoms with Gasteiger partial charge in [0.2, 0.25) is 0 Å². The first-order valence-corrected chi connectivity index (χ1v) is 8.75. The summed E-state index contributed by atoms with van der Waals surface area (Å²) in [5.74, 6) is -0.104. The molecule has 6 heteroatoms. The Bertz CT molecular complexity index is 916. The number of halogens is 2. The fraction of sp³-hybridized carbons (Fsp3) is 0.100. The molecule has 0 aliphatic carbocycles. The lowest BCUT2D eigenvalue weighted by atomic mass is 10.2. The molecule has 2 aromatic carbocycles. The lowest BCUT2D eigenvalue weighted by molar-refractivity contribution is 0.0784. The van der Waals surface area contributed by atoms with E-state index in [-0.39, 0.29) is 5.91 Å². The predicted molar refractivity (Wildman–Crippen MR) is 106 cm³/mol. The molecule has 0 unspecified atom stereocenters. The van der Waals surface area contributed by atoms with E-state index in [1.54, 1.807) is 48.6 Å². The third kappa shape index (κ3) is 4.54. The van der Waals surface area contributed by atoms with Crippen LogP contribution >= 0.6 is 23.2 Å². The highest BCUT2D eigenvalue weighted by Gasteiger charge is 2.13. The Balaban J connectivity index is 1.74. The van der Waals surface area contributed by atoms with Gasteiger partial charge in [-0.3, -0.25) is 9.78 Å². The van der Waals surface area contributed by atoms with Gasteiger partial charge in [-0.15, -0.1) is 0 Å². The lowest BCUT2D eigenvalue weighted by Gasteiger charge is -2.18. The first kappa shape index (κ1) is 18.2. The van der Waals surface area contributed by atoms with Crippen molar-refractivity contribution in [1.29, 1.82) is 0 Å². The largest absolute Gasteiger partial charge is 0.353 e. The third-order valence-electron chi connectivity index (χ3n) is 3.80. The maximum atomic E-state index is 12.7. The van der Waals surface area contributed by atoms with Crippen LogP contribution in [-0.4, -0.2) is 22.8 Å². The molecule has 1 amide bonds. The quantitative estimate of drug-likeness (QED) is 0.638. The van der Waals surface area contributed by atoms with Crippen LogP contribution in [0.15, 0.2) is 67.0 Å². The van der Waals surface area contributed by atoms with Crippen molar-refractivity contribution in [3.63, 3.8) is 0 Å². The van der Waals surface area contributed by atoms with Crippen LogP contribution in [0.25, 0.3) is 0 Å². The molecule has 0 radical (unpaired) electrons. The molecule has 132 valence electrons. The van der Waals surface area contributed by atoms with E-state index >= 15 is 0 Å². The summed E-state index contributed by atoms with van der Waals surface area (Å²) in [5, 5.41) is 4.22. The maximum absolute atomic E-state index is 12.7. The van der Waals surface area contributed by atoms with Crippen LogP contribution in [0.3, 0.4) is 0 Å². The van der Waals surface area contributed by atoms with Gasteiger partial charge < -0.3 is 10.2 Å². The number of nitrogens with one attached hydrogen (secondary N) is 1. The fourth-order valence-corrected chi connectivity index (χ4v) is 2.98. The number of carbonyl (C=O) groups excluding carboxylic acids is 1. The van der Waals surface area contributed by atoms with Crippen molar-refractivity contribution < 1.29 is 4.79 Å². The maximum Gasteiger partial charge on any atom is 0.255 e. The summed E-state index contributed by atoms with van der Waals surface area (Å²) in [7, 11) is 1.77. The van der Waals surface area contributed by atoms with Gasteiger partial charge in [0.1, 0.15) is 0 Å². The highest BCUT2D eigenvalue weighted by molar-refractivity contribution is 6.36. The van der Waals surface area contributed by atoms with E-state index in [1.807, 2.05) is 30.3 Å². The molecular formula is C20H17Cl2N3O. The van der Waals surface area contributed by atoms with Crippen molar-refractivity contribution in [2.24, 2.45) is 0 Å². The molecule has 1 heterocycles. The molecule has 0 atom stereocenters. The summed E-state index contributed by atoms with van der Waals surface area (Å²) >= 11 is 12.1. The average molecular weight is 386 g/mol. The SMILES string of the molecule is CN(Cc1ccccc1)C(=O)c1cncc(Nc2ccc(Cl)cc2Cl)c1. The van der Waals surface area contributed by atoms with Gasteiger partial charge in [-0.05, 0) is 29.8 Å². The van der Waals surface area contributed by atoms with Crippen molar-refractivity contribution in [3.8, 4) is 0 Å². The minimum Gasteiger partial charge on any atom is -0.353 e. The van der Waals surface area contributed by atoms with E-state index in [0.717, 1.165) is 5.56 Å². The molecule has 0 saturated carbocycles. The van der Waals surface area contributed by atoms with Gasteiger partial charge in [-0.2, -0.15) is 0 Å². The number of hydrogen-bond acceptors (Lipinski definition) is 3. The van der Waals surface area contributed by atoms with Crippen LogP contribution in [0.5, 0.6) is 0 Å². The molecule has 3 rings (SSSR count). The molecule has 0 fully saturated rings.